The smallest absolute Gasteiger partial charge is 0.306 e. The van der Waals surface area contributed by atoms with Crippen LogP contribution in [-0.2, 0) is 28.6 Å². The van der Waals surface area contributed by atoms with Crippen LogP contribution in [0.1, 0.15) is 297 Å². The van der Waals surface area contributed by atoms with Crippen molar-refractivity contribution in [2.45, 2.75) is 303 Å². The molecule has 6 heteroatoms. The molecule has 0 radical (unpaired) electrons. The van der Waals surface area contributed by atoms with Crippen LogP contribution in [0.3, 0.4) is 0 Å². The van der Waals surface area contributed by atoms with Crippen molar-refractivity contribution in [1.29, 1.82) is 0 Å². The van der Waals surface area contributed by atoms with Crippen molar-refractivity contribution in [2.24, 2.45) is 0 Å². The second kappa shape index (κ2) is 63.6. The van der Waals surface area contributed by atoms with Crippen molar-refractivity contribution in [3.05, 3.63) is 109 Å². The third-order valence-electron chi connectivity index (χ3n) is 13.5. The van der Waals surface area contributed by atoms with Crippen molar-refractivity contribution in [1.82, 2.24) is 0 Å². The molecular weight excluding hydrogens is 937 g/mol. The van der Waals surface area contributed by atoms with Gasteiger partial charge in [0, 0.05) is 19.3 Å². The van der Waals surface area contributed by atoms with E-state index in [-0.39, 0.29) is 31.1 Å². The van der Waals surface area contributed by atoms with Gasteiger partial charge in [0.1, 0.15) is 13.2 Å². The number of hydrogen-bond acceptors (Lipinski definition) is 6. The highest BCUT2D eigenvalue weighted by atomic mass is 16.6. The van der Waals surface area contributed by atoms with E-state index in [2.05, 4.69) is 130 Å². The van der Waals surface area contributed by atoms with Gasteiger partial charge < -0.3 is 14.2 Å². The van der Waals surface area contributed by atoms with Crippen molar-refractivity contribution in [3.63, 3.8) is 0 Å². The highest BCUT2D eigenvalue weighted by molar-refractivity contribution is 5.71. The number of allylic oxidation sites excluding steroid dienone is 18. The van der Waals surface area contributed by atoms with Gasteiger partial charge in [-0.15, -0.1) is 0 Å². The molecule has 6 nitrogen and oxygen atoms in total. The molecule has 0 fully saturated rings. The summed E-state index contributed by atoms with van der Waals surface area (Å²) in [6.07, 6.45) is 86.6. The summed E-state index contributed by atoms with van der Waals surface area (Å²) in [5.41, 5.74) is 0. The molecule has 0 rings (SSSR count). The van der Waals surface area contributed by atoms with Gasteiger partial charge in [0.05, 0.1) is 0 Å². The zero-order valence-electron chi connectivity index (χ0n) is 49.7. The SMILES string of the molecule is CC/C=C\C/C=C\C/C=C\C/C=C\C/C=C\C/C=C\C/C=C\C/C=C\CCCCC(=O)OCC(COC(=O)CCCCCCCCCCCCCC)OC(=O)CCCCCCCCCCC/C=C\CCCCCCCC. The molecule has 0 spiro atoms. The topological polar surface area (TPSA) is 78.9 Å². The lowest BCUT2D eigenvalue weighted by atomic mass is 10.0. The van der Waals surface area contributed by atoms with E-state index in [1.54, 1.807) is 0 Å². The van der Waals surface area contributed by atoms with Crippen molar-refractivity contribution < 1.29 is 28.6 Å². The van der Waals surface area contributed by atoms with Crippen LogP contribution in [-0.4, -0.2) is 37.2 Å². The van der Waals surface area contributed by atoms with Gasteiger partial charge in [-0.1, -0.05) is 278 Å². The molecule has 0 aromatic heterocycles. The summed E-state index contributed by atoms with van der Waals surface area (Å²) in [6, 6.07) is 0. The molecule has 1 unspecified atom stereocenters. The van der Waals surface area contributed by atoms with Gasteiger partial charge >= 0.3 is 17.9 Å². The Morgan fingerprint density at radius 3 is 0.842 bits per heavy atom. The van der Waals surface area contributed by atoms with Crippen LogP contribution in [0.4, 0.5) is 0 Å². The Hall–Kier alpha value is -3.93. The molecule has 434 valence electrons. The third kappa shape index (κ3) is 60.9. The van der Waals surface area contributed by atoms with E-state index in [1.165, 1.54) is 148 Å². The first-order chi connectivity index (χ1) is 37.5. The molecule has 0 aromatic rings. The van der Waals surface area contributed by atoms with Gasteiger partial charge in [-0.3, -0.25) is 14.4 Å². The van der Waals surface area contributed by atoms with Gasteiger partial charge in [0.2, 0.25) is 0 Å². The summed E-state index contributed by atoms with van der Waals surface area (Å²) >= 11 is 0. The maximum absolute atomic E-state index is 12.9. The predicted octanol–water partition coefficient (Wildman–Crippen LogP) is 21.8. The van der Waals surface area contributed by atoms with Crippen molar-refractivity contribution >= 4 is 17.9 Å². The predicted molar refractivity (Wildman–Crippen MR) is 330 cm³/mol. The fourth-order valence-corrected chi connectivity index (χ4v) is 8.75. The number of esters is 3. The summed E-state index contributed by atoms with van der Waals surface area (Å²) in [6.45, 7) is 6.50. The summed E-state index contributed by atoms with van der Waals surface area (Å²) in [5, 5.41) is 0. The number of carbonyl (C=O) groups is 3. The fourth-order valence-electron chi connectivity index (χ4n) is 8.75. The van der Waals surface area contributed by atoms with Gasteiger partial charge in [-0.2, -0.15) is 0 Å². The molecule has 0 heterocycles. The molecule has 76 heavy (non-hydrogen) atoms. The van der Waals surface area contributed by atoms with Crippen LogP contribution in [0.25, 0.3) is 0 Å². The zero-order valence-corrected chi connectivity index (χ0v) is 49.7. The highest BCUT2D eigenvalue weighted by Crippen LogP contribution is 2.16. The summed E-state index contributed by atoms with van der Waals surface area (Å²) < 4.78 is 16.9. The van der Waals surface area contributed by atoms with E-state index in [4.69, 9.17) is 14.2 Å². The maximum Gasteiger partial charge on any atom is 0.306 e. The van der Waals surface area contributed by atoms with E-state index >= 15 is 0 Å². The lowest BCUT2D eigenvalue weighted by molar-refractivity contribution is -0.167. The third-order valence-corrected chi connectivity index (χ3v) is 13.5. The minimum Gasteiger partial charge on any atom is -0.462 e. The summed E-state index contributed by atoms with van der Waals surface area (Å²) in [7, 11) is 0. The van der Waals surface area contributed by atoms with Gasteiger partial charge in [-0.25, -0.2) is 0 Å². The number of rotatable bonds is 57. The number of carbonyl (C=O) groups excluding carboxylic acids is 3. The van der Waals surface area contributed by atoms with Gasteiger partial charge in [0.25, 0.3) is 0 Å². The lowest BCUT2D eigenvalue weighted by Gasteiger charge is -2.18. The Morgan fingerprint density at radius 1 is 0.276 bits per heavy atom. The quantitative estimate of drug-likeness (QED) is 0.0261. The second-order valence-electron chi connectivity index (χ2n) is 20.9. The number of hydrogen-bond donors (Lipinski definition) is 0. The fraction of sp³-hybridized carbons (Fsp3) is 0.700. The molecule has 0 N–H and O–H groups in total. The number of unbranched alkanes of at least 4 members (excludes halogenated alkanes) is 28. The normalized spacial score (nSPS) is 12.8. The zero-order chi connectivity index (χ0) is 55.0. The van der Waals surface area contributed by atoms with Crippen LogP contribution in [0.15, 0.2) is 109 Å². The first-order valence-electron chi connectivity index (χ1n) is 31.9. The van der Waals surface area contributed by atoms with Crippen LogP contribution < -0.4 is 0 Å². The molecule has 1 atom stereocenters. The van der Waals surface area contributed by atoms with Crippen LogP contribution in [0, 0.1) is 0 Å². The minimum absolute atomic E-state index is 0.0910. The van der Waals surface area contributed by atoms with Gasteiger partial charge in [-0.05, 0) is 109 Å². The molecule has 0 aliphatic carbocycles. The first kappa shape index (κ1) is 72.1. The van der Waals surface area contributed by atoms with Crippen LogP contribution in [0.5, 0.6) is 0 Å². The largest absolute Gasteiger partial charge is 0.462 e. The number of ether oxygens (including phenoxy) is 3. The molecular formula is C70H118O6. The standard InChI is InChI=1S/C70H118O6/c1-4-7-10-13-16-19-22-25-27-29-31-32-33-34-35-36-37-38-40-41-43-45-48-51-54-57-60-63-69(72)75-66-67(65-74-68(71)62-59-56-53-50-47-24-21-18-15-12-9-6-3)76-70(73)64-61-58-55-52-49-46-44-42-39-30-28-26-23-20-17-14-11-8-5-2/h7,10,16,19,25-28,31-32,34-35,37-38,41,43,48,51,67H,4-6,8-9,11-15,17-18,20-24,29-30,33,36,39-40,42,44-47,49-50,52-66H2,1-3H3/b10-7-,19-16-,27-25-,28-26-,32-31-,35-34-,38-37-,43-41-,51-48-. The van der Waals surface area contributed by atoms with Crippen LogP contribution in [0.2, 0.25) is 0 Å². The molecule has 0 saturated carbocycles. The Labute approximate surface area is 470 Å². The molecule has 0 aliphatic rings. The van der Waals surface area contributed by atoms with E-state index in [0.717, 1.165) is 109 Å². The average molecular weight is 1060 g/mol. The highest BCUT2D eigenvalue weighted by Gasteiger charge is 2.19. The van der Waals surface area contributed by atoms with E-state index in [9.17, 15) is 14.4 Å². The summed E-state index contributed by atoms with van der Waals surface area (Å²) in [5.74, 6) is -0.932. The molecule has 0 bridgehead atoms. The molecule has 0 amide bonds. The van der Waals surface area contributed by atoms with Crippen molar-refractivity contribution in [3.8, 4) is 0 Å². The second-order valence-corrected chi connectivity index (χ2v) is 20.9. The summed E-state index contributed by atoms with van der Waals surface area (Å²) in [4.78, 5) is 38.3. The average Bonchev–Trinajstić information content (AvgIpc) is 3.42. The van der Waals surface area contributed by atoms with E-state index in [1.807, 2.05) is 0 Å². The van der Waals surface area contributed by atoms with E-state index in [0.29, 0.717) is 19.3 Å². The molecule has 0 saturated heterocycles. The minimum atomic E-state index is -0.798. The van der Waals surface area contributed by atoms with Crippen molar-refractivity contribution in [2.75, 3.05) is 13.2 Å². The maximum atomic E-state index is 12.9. The Bertz CT molecular complexity index is 1540. The van der Waals surface area contributed by atoms with E-state index < -0.39 is 6.10 Å². The van der Waals surface area contributed by atoms with Gasteiger partial charge in [0.15, 0.2) is 6.10 Å². The molecule has 0 aliphatic heterocycles. The Balaban J connectivity index is 4.40. The Morgan fingerprint density at radius 2 is 0.513 bits per heavy atom. The van der Waals surface area contributed by atoms with Crippen LogP contribution >= 0.6 is 0 Å². The monoisotopic (exact) mass is 1050 g/mol. The first-order valence-corrected chi connectivity index (χ1v) is 31.9. The Kier molecular flexibility index (Phi) is 60.3. The lowest BCUT2D eigenvalue weighted by Crippen LogP contribution is -2.30. The molecule has 0 aromatic carbocycles.